The van der Waals surface area contributed by atoms with Crippen LogP contribution in [0.4, 0.5) is 0 Å². The number of rotatable bonds is 7. The molecule has 0 fully saturated rings. The van der Waals surface area contributed by atoms with Crippen molar-refractivity contribution in [3.05, 3.63) is 64.4 Å². The van der Waals surface area contributed by atoms with Gasteiger partial charge in [-0.15, -0.1) is 0 Å². The van der Waals surface area contributed by atoms with E-state index in [0.717, 1.165) is 5.56 Å². The Labute approximate surface area is 148 Å². The Balaban J connectivity index is 1.94. The SMILES string of the molecule is CC(C)c1ccc([C@H](N)CNS(=O)(=O)Cc2ccc(Cl)nc2)cc1. The molecule has 0 aliphatic rings. The molecule has 0 aliphatic carbocycles. The lowest BCUT2D eigenvalue weighted by molar-refractivity contribution is 0.571. The molecule has 0 spiro atoms. The molecule has 0 amide bonds. The van der Waals surface area contributed by atoms with Gasteiger partial charge in [-0.25, -0.2) is 18.1 Å². The van der Waals surface area contributed by atoms with Gasteiger partial charge >= 0.3 is 0 Å². The minimum absolute atomic E-state index is 0.143. The number of halogens is 1. The third-order valence-electron chi connectivity index (χ3n) is 3.70. The van der Waals surface area contributed by atoms with Crippen LogP contribution >= 0.6 is 11.6 Å². The van der Waals surface area contributed by atoms with Crippen molar-refractivity contribution < 1.29 is 8.42 Å². The van der Waals surface area contributed by atoms with Gasteiger partial charge in [0.15, 0.2) is 0 Å². The standard InChI is InChI=1S/C17H22ClN3O2S/c1-12(2)14-4-6-15(7-5-14)16(19)10-21-24(22,23)11-13-3-8-17(18)20-9-13/h3-9,12,16,21H,10-11,19H2,1-2H3/t16-/m1/s1. The summed E-state index contributed by atoms with van der Waals surface area (Å²) in [5.74, 6) is 0.290. The van der Waals surface area contributed by atoms with E-state index < -0.39 is 16.1 Å². The minimum atomic E-state index is -3.49. The molecule has 3 N–H and O–H groups in total. The summed E-state index contributed by atoms with van der Waals surface area (Å²) in [6, 6.07) is 10.7. The fourth-order valence-electron chi connectivity index (χ4n) is 2.22. The van der Waals surface area contributed by atoms with Crippen LogP contribution < -0.4 is 10.5 Å². The molecule has 2 aromatic rings. The summed E-state index contributed by atoms with van der Waals surface area (Å²) in [4.78, 5) is 3.88. The van der Waals surface area contributed by atoms with E-state index in [1.165, 1.54) is 11.8 Å². The highest BCUT2D eigenvalue weighted by molar-refractivity contribution is 7.88. The fourth-order valence-corrected chi connectivity index (χ4v) is 3.48. The van der Waals surface area contributed by atoms with Gasteiger partial charge < -0.3 is 5.73 Å². The second kappa shape index (κ2) is 8.07. The van der Waals surface area contributed by atoms with Gasteiger partial charge in [0.25, 0.3) is 0 Å². The van der Waals surface area contributed by atoms with Crippen molar-refractivity contribution in [1.82, 2.24) is 9.71 Å². The van der Waals surface area contributed by atoms with E-state index in [1.807, 2.05) is 24.3 Å². The van der Waals surface area contributed by atoms with Crippen molar-refractivity contribution in [2.24, 2.45) is 5.73 Å². The van der Waals surface area contributed by atoms with Crippen molar-refractivity contribution >= 4 is 21.6 Å². The summed E-state index contributed by atoms with van der Waals surface area (Å²) >= 11 is 5.69. The lowest BCUT2D eigenvalue weighted by Gasteiger charge is -2.15. The molecule has 5 nitrogen and oxygen atoms in total. The highest BCUT2D eigenvalue weighted by atomic mass is 35.5. The maximum atomic E-state index is 12.1. The van der Waals surface area contributed by atoms with E-state index in [-0.39, 0.29) is 12.3 Å². The fraction of sp³-hybridized carbons (Fsp3) is 0.353. The maximum absolute atomic E-state index is 12.1. The molecule has 0 radical (unpaired) electrons. The Kier molecular flexibility index (Phi) is 6.34. The molecule has 0 saturated carbocycles. The zero-order chi connectivity index (χ0) is 17.7. The van der Waals surface area contributed by atoms with Crippen molar-refractivity contribution in [3.63, 3.8) is 0 Å². The van der Waals surface area contributed by atoms with Crippen LogP contribution in [0.15, 0.2) is 42.6 Å². The van der Waals surface area contributed by atoms with Crippen molar-refractivity contribution in [3.8, 4) is 0 Å². The van der Waals surface area contributed by atoms with Gasteiger partial charge in [-0.3, -0.25) is 0 Å². The molecule has 24 heavy (non-hydrogen) atoms. The molecule has 1 heterocycles. The van der Waals surface area contributed by atoms with Crippen LogP contribution in [0.3, 0.4) is 0 Å². The Morgan fingerprint density at radius 2 is 1.75 bits per heavy atom. The van der Waals surface area contributed by atoms with Crippen LogP contribution in [0.5, 0.6) is 0 Å². The summed E-state index contributed by atoms with van der Waals surface area (Å²) < 4.78 is 26.8. The lowest BCUT2D eigenvalue weighted by Crippen LogP contribution is -2.32. The first-order valence-electron chi connectivity index (χ1n) is 7.70. The largest absolute Gasteiger partial charge is 0.323 e. The monoisotopic (exact) mass is 367 g/mol. The third kappa shape index (κ3) is 5.56. The van der Waals surface area contributed by atoms with E-state index in [2.05, 4.69) is 23.6 Å². The van der Waals surface area contributed by atoms with E-state index >= 15 is 0 Å². The summed E-state index contributed by atoms with van der Waals surface area (Å²) in [5.41, 5.74) is 8.78. The molecule has 2 rings (SSSR count). The first-order valence-corrected chi connectivity index (χ1v) is 9.73. The molecular weight excluding hydrogens is 346 g/mol. The highest BCUT2D eigenvalue weighted by Gasteiger charge is 2.15. The maximum Gasteiger partial charge on any atom is 0.215 e. The van der Waals surface area contributed by atoms with Crippen LogP contribution in [-0.4, -0.2) is 19.9 Å². The minimum Gasteiger partial charge on any atom is -0.323 e. The molecule has 130 valence electrons. The van der Waals surface area contributed by atoms with Gasteiger partial charge in [0.2, 0.25) is 10.0 Å². The number of sulfonamides is 1. The van der Waals surface area contributed by atoms with Crippen molar-refractivity contribution in [2.45, 2.75) is 31.6 Å². The summed E-state index contributed by atoms with van der Waals surface area (Å²) in [6.45, 7) is 4.38. The average Bonchev–Trinajstić information content (AvgIpc) is 2.55. The van der Waals surface area contributed by atoms with Crippen LogP contribution in [-0.2, 0) is 15.8 Å². The van der Waals surface area contributed by atoms with Crippen LogP contribution in [0.2, 0.25) is 5.15 Å². The molecule has 0 unspecified atom stereocenters. The average molecular weight is 368 g/mol. The van der Waals surface area contributed by atoms with Gasteiger partial charge in [0.1, 0.15) is 5.15 Å². The summed E-state index contributed by atoms with van der Waals surface area (Å²) in [5, 5.41) is 0.330. The normalized spacial score (nSPS) is 13.2. The molecule has 0 aliphatic heterocycles. The van der Waals surface area contributed by atoms with Crippen LogP contribution in [0.25, 0.3) is 0 Å². The molecule has 1 aromatic heterocycles. The zero-order valence-corrected chi connectivity index (χ0v) is 15.3. The molecule has 1 aromatic carbocycles. The number of pyridine rings is 1. The first kappa shape index (κ1) is 18.9. The predicted octanol–water partition coefficient (Wildman–Crippen LogP) is 2.98. The van der Waals surface area contributed by atoms with E-state index in [1.54, 1.807) is 12.1 Å². The lowest BCUT2D eigenvalue weighted by atomic mass is 9.99. The van der Waals surface area contributed by atoms with Crippen molar-refractivity contribution in [2.75, 3.05) is 6.54 Å². The highest BCUT2D eigenvalue weighted by Crippen LogP contribution is 2.17. The van der Waals surface area contributed by atoms with Crippen molar-refractivity contribution in [1.29, 1.82) is 0 Å². The number of nitrogens with zero attached hydrogens (tertiary/aromatic N) is 1. The van der Waals surface area contributed by atoms with Gasteiger partial charge in [0.05, 0.1) is 5.75 Å². The smallest absolute Gasteiger partial charge is 0.215 e. The molecule has 1 atom stereocenters. The topological polar surface area (TPSA) is 85.1 Å². The predicted molar refractivity (Wildman–Crippen MR) is 97.3 cm³/mol. The van der Waals surface area contributed by atoms with Gasteiger partial charge in [0, 0.05) is 18.8 Å². The van der Waals surface area contributed by atoms with E-state index in [4.69, 9.17) is 17.3 Å². The summed E-state index contributed by atoms with van der Waals surface area (Å²) in [6.07, 6.45) is 1.45. The Bertz CT molecular complexity index is 759. The Hall–Kier alpha value is -1.47. The van der Waals surface area contributed by atoms with Gasteiger partial charge in [-0.2, -0.15) is 0 Å². The number of aromatic nitrogens is 1. The molecule has 0 bridgehead atoms. The first-order chi connectivity index (χ1) is 11.3. The van der Waals surface area contributed by atoms with E-state index in [0.29, 0.717) is 16.6 Å². The Morgan fingerprint density at radius 3 is 2.29 bits per heavy atom. The second-order valence-corrected chi connectivity index (χ2v) is 8.22. The quantitative estimate of drug-likeness (QED) is 0.737. The zero-order valence-electron chi connectivity index (χ0n) is 13.7. The van der Waals surface area contributed by atoms with Gasteiger partial charge in [-0.1, -0.05) is 55.8 Å². The second-order valence-electron chi connectivity index (χ2n) is 6.02. The number of nitrogens with two attached hydrogens (primary N) is 1. The molecule has 7 heteroatoms. The number of nitrogens with one attached hydrogen (secondary N) is 1. The number of hydrogen-bond acceptors (Lipinski definition) is 4. The summed E-state index contributed by atoms with van der Waals surface area (Å²) in [7, 11) is -3.49. The number of benzene rings is 1. The van der Waals surface area contributed by atoms with Crippen LogP contribution in [0.1, 0.15) is 42.5 Å². The Morgan fingerprint density at radius 1 is 1.12 bits per heavy atom. The van der Waals surface area contributed by atoms with Gasteiger partial charge in [-0.05, 0) is 28.7 Å². The number of hydrogen-bond donors (Lipinski definition) is 2. The van der Waals surface area contributed by atoms with Crippen LogP contribution in [0, 0.1) is 0 Å². The molecule has 0 saturated heterocycles. The van der Waals surface area contributed by atoms with E-state index in [9.17, 15) is 8.42 Å². The molecular formula is C17H22ClN3O2S. The third-order valence-corrected chi connectivity index (χ3v) is 5.24.